The van der Waals surface area contributed by atoms with E-state index < -0.39 is 23.4 Å². The van der Waals surface area contributed by atoms with Gasteiger partial charge >= 0.3 is 6.18 Å². The molecule has 188 valence electrons. The first kappa shape index (κ1) is 28.0. The summed E-state index contributed by atoms with van der Waals surface area (Å²) in [6.45, 7) is 9.54. The van der Waals surface area contributed by atoms with Crippen molar-refractivity contribution in [2.24, 2.45) is 22.1 Å². The van der Waals surface area contributed by atoms with E-state index in [9.17, 15) is 18.0 Å². The largest absolute Gasteiger partial charge is 0.399 e. The lowest BCUT2D eigenvalue weighted by molar-refractivity contribution is -0.196. The van der Waals surface area contributed by atoms with Crippen molar-refractivity contribution in [3.63, 3.8) is 0 Å². The van der Waals surface area contributed by atoms with E-state index in [4.69, 9.17) is 5.73 Å². The Bertz CT molecular complexity index is 921. The Hall–Kier alpha value is -2.26. The van der Waals surface area contributed by atoms with Crippen LogP contribution >= 0.6 is 11.8 Å². The maximum absolute atomic E-state index is 13.9. The van der Waals surface area contributed by atoms with Crippen LogP contribution in [0.3, 0.4) is 0 Å². The van der Waals surface area contributed by atoms with Crippen molar-refractivity contribution < 1.29 is 18.0 Å². The first-order chi connectivity index (χ1) is 15.8. The first-order valence-electron chi connectivity index (χ1n) is 11.1. The number of amides is 1. The Kier molecular flexibility index (Phi) is 9.42. The number of thioether (sulfide) groups is 1. The Labute approximate surface area is 204 Å². The Morgan fingerprint density at radius 2 is 1.85 bits per heavy atom. The van der Waals surface area contributed by atoms with Crippen molar-refractivity contribution in [1.29, 1.82) is 0 Å². The predicted octanol–water partition coefficient (Wildman–Crippen LogP) is 4.85. The molecule has 3 N–H and O–H groups in total. The minimum absolute atomic E-state index is 0.00968. The van der Waals surface area contributed by atoms with Gasteiger partial charge in [0.05, 0.1) is 10.5 Å². The topological polar surface area (TPSA) is 70.7 Å². The van der Waals surface area contributed by atoms with Crippen molar-refractivity contribution in [2.75, 3.05) is 27.7 Å². The molecule has 0 bridgehead atoms. The summed E-state index contributed by atoms with van der Waals surface area (Å²) in [6.07, 6.45) is -3.98. The summed E-state index contributed by atoms with van der Waals surface area (Å²) in [6, 6.07) is 7.67. The number of likely N-dealkylation sites (N-methyl/N-ethyl adjacent to an activating group) is 1. The van der Waals surface area contributed by atoms with E-state index in [-0.39, 0.29) is 25.3 Å². The number of carbonyl (C=O) groups is 1. The molecule has 1 aromatic carbocycles. The van der Waals surface area contributed by atoms with Gasteiger partial charge in [0.15, 0.2) is 0 Å². The molecule has 0 aliphatic heterocycles. The molecule has 1 aliphatic carbocycles. The number of rotatable bonds is 11. The van der Waals surface area contributed by atoms with Crippen molar-refractivity contribution >= 4 is 28.4 Å². The van der Waals surface area contributed by atoms with Crippen LogP contribution in [0.5, 0.6) is 0 Å². The number of hydrogen-bond acceptors (Lipinski definition) is 5. The van der Waals surface area contributed by atoms with Gasteiger partial charge in [0.1, 0.15) is 0 Å². The van der Waals surface area contributed by atoms with Crippen molar-refractivity contribution in [2.45, 2.75) is 44.8 Å². The van der Waals surface area contributed by atoms with E-state index >= 15 is 0 Å². The SMILES string of the molecule is C=C(C)SC(=NC)C(CC(=O)NCC(Cc1ccc(C(=C)N)cc1)N(C)C)C1(C(F)(F)F)CC1. The van der Waals surface area contributed by atoms with Crippen molar-refractivity contribution in [3.05, 3.63) is 53.5 Å². The average Bonchev–Trinajstić information content (AvgIpc) is 3.55. The van der Waals surface area contributed by atoms with E-state index in [1.165, 1.54) is 7.05 Å². The van der Waals surface area contributed by atoms with Gasteiger partial charge < -0.3 is 16.0 Å². The van der Waals surface area contributed by atoms with Crippen LogP contribution in [-0.2, 0) is 11.2 Å². The van der Waals surface area contributed by atoms with Crippen LogP contribution in [0.15, 0.2) is 47.3 Å². The highest BCUT2D eigenvalue weighted by Gasteiger charge is 2.68. The van der Waals surface area contributed by atoms with Crippen LogP contribution in [0.2, 0.25) is 0 Å². The Balaban J connectivity index is 2.10. The second-order valence-electron chi connectivity index (χ2n) is 9.12. The maximum atomic E-state index is 13.9. The third kappa shape index (κ3) is 7.12. The van der Waals surface area contributed by atoms with Crippen LogP contribution in [0, 0.1) is 11.3 Å². The summed E-state index contributed by atoms with van der Waals surface area (Å²) in [5.41, 5.74) is 6.23. The normalized spacial score (nSPS) is 17.2. The fourth-order valence-electron chi connectivity index (χ4n) is 3.99. The number of aliphatic imine (C=N–C) groups is 1. The molecule has 1 amide bonds. The number of allylic oxidation sites excluding steroid dienone is 1. The average molecular weight is 497 g/mol. The van der Waals surface area contributed by atoms with Crippen LogP contribution in [-0.4, -0.2) is 55.8 Å². The van der Waals surface area contributed by atoms with E-state index in [1.54, 1.807) is 6.92 Å². The zero-order valence-electron chi connectivity index (χ0n) is 20.3. The molecule has 0 heterocycles. The molecule has 1 fully saturated rings. The van der Waals surface area contributed by atoms with E-state index in [0.717, 1.165) is 22.9 Å². The molecule has 2 rings (SSSR count). The Morgan fingerprint density at radius 1 is 1.26 bits per heavy atom. The fourth-order valence-corrected chi connectivity index (χ4v) is 4.89. The molecule has 34 heavy (non-hydrogen) atoms. The number of hydrogen-bond donors (Lipinski definition) is 2. The molecule has 2 atom stereocenters. The molecular formula is C25H35F3N4OS. The van der Waals surface area contributed by atoms with E-state index in [1.807, 2.05) is 43.3 Å². The lowest BCUT2D eigenvalue weighted by Crippen LogP contribution is -2.44. The van der Waals surface area contributed by atoms with Gasteiger partial charge in [0.25, 0.3) is 0 Å². The molecule has 0 radical (unpaired) electrons. The number of alkyl halides is 3. The first-order valence-corrected chi connectivity index (χ1v) is 12.0. The van der Waals surface area contributed by atoms with Gasteiger partial charge in [-0.05, 0) is 56.3 Å². The number of benzene rings is 1. The summed E-state index contributed by atoms with van der Waals surface area (Å²) < 4.78 is 41.8. The molecule has 2 unspecified atom stereocenters. The van der Waals surface area contributed by atoms with Gasteiger partial charge in [0.2, 0.25) is 5.91 Å². The smallest absolute Gasteiger partial charge is 0.395 e. The molecule has 5 nitrogen and oxygen atoms in total. The minimum atomic E-state index is -4.39. The van der Waals surface area contributed by atoms with Gasteiger partial charge in [-0.1, -0.05) is 49.2 Å². The highest BCUT2D eigenvalue weighted by atomic mass is 32.2. The molecule has 0 saturated heterocycles. The summed E-state index contributed by atoms with van der Waals surface area (Å²) in [7, 11) is 5.28. The number of halogens is 3. The number of nitrogens with one attached hydrogen (secondary N) is 1. The van der Waals surface area contributed by atoms with Crippen LogP contribution in [0.4, 0.5) is 13.2 Å². The molecule has 1 saturated carbocycles. The number of nitrogens with zero attached hydrogens (tertiary/aromatic N) is 2. The third-order valence-corrected chi connectivity index (χ3v) is 7.29. The van der Waals surface area contributed by atoms with Gasteiger partial charge in [-0.25, -0.2) is 0 Å². The summed E-state index contributed by atoms with van der Waals surface area (Å²) >= 11 is 1.12. The zero-order valence-corrected chi connectivity index (χ0v) is 21.2. The number of carbonyl (C=O) groups excluding carboxylic acids is 1. The molecule has 1 aromatic rings. The molecule has 0 aromatic heterocycles. The van der Waals surface area contributed by atoms with Crippen LogP contribution in [0.25, 0.3) is 5.70 Å². The minimum Gasteiger partial charge on any atom is -0.399 e. The molecular weight excluding hydrogens is 461 g/mol. The quantitative estimate of drug-likeness (QED) is 0.339. The second-order valence-corrected chi connectivity index (χ2v) is 10.4. The fraction of sp³-hybridized carbons (Fsp3) is 0.520. The van der Waals surface area contributed by atoms with Crippen molar-refractivity contribution in [1.82, 2.24) is 10.2 Å². The van der Waals surface area contributed by atoms with Crippen molar-refractivity contribution in [3.8, 4) is 0 Å². The van der Waals surface area contributed by atoms with Gasteiger partial charge in [-0.15, -0.1) is 0 Å². The molecule has 9 heteroatoms. The standard InChI is InChI=1S/C25H35F3N4OS/c1-16(2)34-23(30-4)21(24(11-12-24)25(26,27)28)14-22(33)31-15-20(32(5)6)13-18-7-9-19(10-8-18)17(3)29/h7-10,20-21H,1,3,11-15,29H2,2,4-6H3,(H,31,33). The second kappa shape index (κ2) is 11.4. The number of nitrogens with two attached hydrogens (primary N) is 1. The van der Waals surface area contributed by atoms with E-state index in [0.29, 0.717) is 28.6 Å². The maximum Gasteiger partial charge on any atom is 0.395 e. The lowest BCUT2D eigenvalue weighted by Gasteiger charge is -2.30. The monoisotopic (exact) mass is 496 g/mol. The Morgan fingerprint density at radius 3 is 2.26 bits per heavy atom. The highest BCUT2D eigenvalue weighted by molar-refractivity contribution is 8.17. The van der Waals surface area contributed by atoms with Crippen LogP contribution < -0.4 is 11.1 Å². The van der Waals surface area contributed by atoms with Gasteiger partial charge in [-0.2, -0.15) is 13.2 Å². The summed E-state index contributed by atoms with van der Waals surface area (Å²) in [4.78, 5) is 19.6. The predicted molar refractivity (Wildman–Crippen MR) is 135 cm³/mol. The zero-order chi connectivity index (χ0) is 25.7. The van der Waals surface area contributed by atoms with Gasteiger partial charge in [0, 0.05) is 37.7 Å². The van der Waals surface area contributed by atoms with Gasteiger partial charge in [-0.3, -0.25) is 9.79 Å². The van der Waals surface area contributed by atoms with E-state index in [2.05, 4.69) is 23.5 Å². The lowest BCUT2D eigenvalue weighted by atomic mass is 9.86. The molecule has 1 aliphatic rings. The summed E-state index contributed by atoms with van der Waals surface area (Å²) in [5, 5.41) is 3.17. The summed E-state index contributed by atoms with van der Waals surface area (Å²) in [5.74, 6) is -1.43. The molecule has 0 spiro atoms. The van der Waals surface area contributed by atoms with Crippen LogP contribution in [0.1, 0.15) is 37.3 Å². The third-order valence-electron chi connectivity index (χ3n) is 6.27. The highest BCUT2D eigenvalue weighted by Crippen LogP contribution is 2.64.